The second kappa shape index (κ2) is 7.60. The lowest BCUT2D eigenvalue weighted by molar-refractivity contribution is -0.119. The van der Waals surface area contributed by atoms with Gasteiger partial charge in [-0.1, -0.05) is 17.2 Å². The van der Waals surface area contributed by atoms with Crippen molar-refractivity contribution in [3.05, 3.63) is 53.1 Å². The summed E-state index contributed by atoms with van der Waals surface area (Å²) in [6.45, 7) is 4.61. The van der Waals surface area contributed by atoms with Crippen molar-refractivity contribution in [1.29, 1.82) is 0 Å². The molecule has 1 aliphatic rings. The zero-order valence-corrected chi connectivity index (χ0v) is 15.5. The van der Waals surface area contributed by atoms with Crippen molar-refractivity contribution >= 4 is 23.2 Å². The van der Waals surface area contributed by atoms with Crippen molar-refractivity contribution in [3.8, 4) is 5.75 Å². The fourth-order valence-electron chi connectivity index (χ4n) is 3.35. The van der Waals surface area contributed by atoms with Crippen LogP contribution in [-0.4, -0.2) is 25.5 Å². The monoisotopic (exact) mass is 352 g/mol. The molecule has 1 heterocycles. The van der Waals surface area contributed by atoms with E-state index in [1.807, 2.05) is 38.1 Å². The quantitative estimate of drug-likeness (QED) is 0.902. The van der Waals surface area contributed by atoms with Gasteiger partial charge in [-0.3, -0.25) is 9.59 Å². The number of piperidine rings is 1. The van der Waals surface area contributed by atoms with Crippen LogP contribution in [0.25, 0.3) is 0 Å². The molecule has 0 aliphatic carbocycles. The first-order valence-electron chi connectivity index (χ1n) is 8.86. The predicted molar refractivity (Wildman–Crippen MR) is 103 cm³/mol. The first-order chi connectivity index (χ1) is 12.5. The fourth-order valence-corrected chi connectivity index (χ4v) is 3.35. The van der Waals surface area contributed by atoms with Gasteiger partial charge in [0.2, 0.25) is 5.91 Å². The molecular formula is C21H24N2O3. The minimum atomic E-state index is -0.169. The Morgan fingerprint density at radius 2 is 1.81 bits per heavy atom. The van der Waals surface area contributed by atoms with Crippen LogP contribution < -0.4 is 15.0 Å². The molecule has 0 unspecified atom stereocenters. The molecule has 2 aromatic rings. The summed E-state index contributed by atoms with van der Waals surface area (Å²) in [5.41, 5.74) is 4.06. The fraction of sp³-hybridized carbons (Fsp3) is 0.333. The number of benzene rings is 2. The Kier molecular flexibility index (Phi) is 5.26. The Morgan fingerprint density at radius 1 is 1.08 bits per heavy atom. The van der Waals surface area contributed by atoms with E-state index in [-0.39, 0.29) is 11.8 Å². The molecule has 0 aromatic heterocycles. The van der Waals surface area contributed by atoms with Crippen LogP contribution >= 0.6 is 0 Å². The topological polar surface area (TPSA) is 58.6 Å². The zero-order chi connectivity index (χ0) is 18.7. The lowest BCUT2D eigenvalue weighted by Gasteiger charge is -2.28. The number of aryl methyl sites for hydroxylation is 2. The van der Waals surface area contributed by atoms with Crippen LogP contribution in [0.4, 0.5) is 11.4 Å². The average molecular weight is 352 g/mol. The van der Waals surface area contributed by atoms with E-state index in [1.165, 1.54) is 0 Å². The zero-order valence-electron chi connectivity index (χ0n) is 15.5. The SMILES string of the molecule is COc1ccc(NC(=O)c2cc(C)cc(C)c2)cc1N1CCCCC1=O. The van der Waals surface area contributed by atoms with Gasteiger partial charge < -0.3 is 15.0 Å². The summed E-state index contributed by atoms with van der Waals surface area (Å²) in [6, 6.07) is 11.1. The molecule has 3 rings (SSSR count). The molecule has 2 aromatic carbocycles. The van der Waals surface area contributed by atoms with E-state index in [9.17, 15) is 9.59 Å². The summed E-state index contributed by atoms with van der Waals surface area (Å²) < 4.78 is 5.42. The molecule has 5 heteroatoms. The Bertz CT molecular complexity index is 825. The number of ether oxygens (including phenoxy) is 1. The summed E-state index contributed by atoms with van der Waals surface area (Å²) in [5.74, 6) is 0.551. The van der Waals surface area contributed by atoms with Gasteiger partial charge >= 0.3 is 0 Å². The number of rotatable bonds is 4. The lowest BCUT2D eigenvalue weighted by Crippen LogP contribution is -2.35. The van der Waals surface area contributed by atoms with Gasteiger partial charge in [-0.15, -0.1) is 0 Å². The Labute approximate surface area is 154 Å². The summed E-state index contributed by atoms with van der Waals surface area (Å²) >= 11 is 0. The van der Waals surface area contributed by atoms with Crippen LogP contribution in [0.2, 0.25) is 0 Å². The highest BCUT2D eigenvalue weighted by Gasteiger charge is 2.23. The molecule has 136 valence electrons. The number of carbonyl (C=O) groups excluding carboxylic acids is 2. The van der Waals surface area contributed by atoms with Crippen LogP contribution in [0.15, 0.2) is 36.4 Å². The maximum absolute atomic E-state index is 12.6. The summed E-state index contributed by atoms with van der Waals surface area (Å²) in [7, 11) is 1.58. The van der Waals surface area contributed by atoms with E-state index < -0.39 is 0 Å². The van der Waals surface area contributed by atoms with Gasteiger partial charge in [0.05, 0.1) is 12.8 Å². The van der Waals surface area contributed by atoms with Gasteiger partial charge in [0.15, 0.2) is 0 Å². The normalized spacial score (nSPS) is 14.3. The Balaban J connectivity index is 1.87. The summed E-state index contributed by atoms with van der Waals surface area (Å²) in [4.78, 5) is 26.6. The highest BCUT2D eigenvalue weighted by molar-refractivity contribution is 6.05. The van der Waals surface area contributed by atoms with Gasteiger partial charge in [-0.25, -0.2) is 0 Å². The maximum atomic E-state index is 12.6. The third-order valence-corrected chi connectivity index (χ3v) is 4.53. The van der Waals surface area contributed by atoms with Gasteiger partial charge in [0.25, 0.3) is 5.91 Å². The number of methoxy groups -OCH3 is 1. The van der Waals surface area contributed by atoms with Gasteiger partial charge in [0, 0.05) is 24.2 Å². The van der Waals surface area contributed by atoms with Crippen LogP contribution in [0.3, 0.4) is 0 Å². The van der Waals surface area contributed by atoms with Crippen LogP contribution in [0.1, 0.15) is 40.7 Å². The number of nitrogens with one attached hydrogen (secondary N) is 1. The second-order valence-corrected chi connectivity index (χ2v) is 6.72. The molecular weight excluding hydrogens is 328 g/mol. The summed E-state index contributed by atoms with van der Waals surface area (Å²) in [6.07, 6.45) is 2.43. The van der Waals surface area contributed by atoms with Gasteiger partial charge in [-0.2, -0.15) is 0 Å². The number of carbonyl (C=O) groups is 2. The van der Waals surface area contributed by atoms with Crippen LogP contribution in [-0.2, 0) is 4.79 Å². The molecule has 5 nitrogen and oxygen atoms in total. The molecule has 1 N–H and O–H groups in total. The lowest BCUT2D eigenvalue weighted by atomic mass is 10.1. The minimum absolute atomic E-state index is 0.0901. The molecule has 1 saturated heterocycles. The molecule has 1 aliphatic heterocycles. The number of anilines is 2. The third kappa shape index (κ3) is 3.87. The number of nitrogens with zero attached hydrogens (tertiary/aromatic N) is 1. The molecule has 0 bridgehead atoms. The van der Waals surface area contributed by atoms with Crippen molar-refractivity contribution in [3.63, 3.8) is 0 Å². The van der Waals surface area contributed by atoms with Gasteiger partial charge in [-0.05, 0) is 57.0 Å². The van der Waals surface area contributed by atoms with E-state index in [2.05, 4.69) is 5.32 Å². The van der Waals surface area contributed by atoms with Crippen molar-refractivity contribution in [2.24, 2.45) is 0 Å². The Hall–Kier alpha value is -2.82. The minimum Gasteiger partial charge on any atom is -0.495 e. The van der Waals surface area contributed by atoms with E-state index >= 15 is 0 Å². The van der Waals surface area contributed by atoms with E-state index in [4.69, 9.17) is 4.74 Å². The molecule has 1 fully saturated rings. The molecule has 2 amide bonds. The smallest absolute Gasteiger partial charge is 0.255 e. The number of hydrogen-bond donors (Lipinski definition) is 1. The van der Waals surface area contributed by atoms with E-state index in [0.29, 0.717) is 35.7 Å². The van der Waals surface area contributed by atoms with E-state index in [1.54, 1.807) is 24.1 Å². The van der Waals surface area contributed by atoms with Crippen molar-refractivity contribution < 1.29 is 14.3 Å². The average Bonchev–Trinajstić information content (AvgIpc) is 2.61. The predicted octanol–water partition coefficient (Wildman–Crippen LogP) is 4.08. The molecule has 0 radical (unpaired) electrons. The number of amides is 2. The Morgan fingerprint density at radius 3 is 2.46 bits per heavy atom. The maximum Gasteiger partial charge on any atom is 0.255 e. The van der Waals surface area contributed by atoms with Crippen LogP contribution in [0, 0.1) is 13.8 Å². The standard InChI is InChI=1S/C21H24N2O3/c1-14-10-15(2)12-16(11-14)21(25)22-17-7-8-19(26-3)18(13-17)23-9-5-4-6-20(23)24/h7-8,10-13H,4-6,9H2,1-3H3,(H,22,25). The first kappa shape index (κ1) is 18.0. The number of hydrogen-bond acceptors (Lipinski definition) is 3. The second-order valence-electron chi connectivity index (χ2n) is 6.72. The van der Waals surface area contributed by atoms with Crippen LogP contribution in [0.5, 0.6) is 5.75 Å². The molecule has 26 heavy (non-hydrogen) atoms. The molecule has 0 spiro atoms. The van der Waals surface area contributed by atoms with Crippen molar-refractivity contribution in [2.45, 2.75) is 33.1 Å². The highest BCUT2D eigenvalue weighted by atomic mass is 16.5. The van der Waals surface area contributed by atoms with Gasteiger partial charge in [0.1, 0.15) is 5.75 Å². The van der Waals surface area contributed by atoms with E-state index in [0.717, 1.165) is 24.0 Å². The largest absolute Gasteiger partial charge is 0.495 e. The van der Waals surface area contributed by atoms with Crippen molar-refractivity contribution in [1.82, 2.24) is 0 Å². The third-order valence-electron chi connectivity index (χ3n) is 4.53. The van der Waals surface area contributed by atoms with Crippen molar-refractivity contribution in [2.75, 3.05) is 23.9 Å². The highest BCUT2D eigenvalue weighted by Crippen LogP contribution is 2.33. The first-order valence-corrected chi connectivity index (χ1v) is 8.86. The molecule has 0 saturated carbocycles. The molecule has 0 atom stereocenters. The summed E-state index contributed by atoms with van der Waals surface area (Å²) in [5, 5.41) is 2.93.